The van der Waals surface area contributed by atoms with Gasteiger partial charge < -0.3 is 30.6 Å². The minimum atomic E-state index is -1.87. The summed E-state index contributed by atoms with van der Waals surface area (Å²) >= 11 is 1.75. The zero-order valence-corrected chi connectivity index (χ0v) is 52.1. The van der Waals surface area contributed by atoms with Gasteiger partial charge in [0.1, 0.15) is 0 Å². The summed E-state index contributed by atoms with van der Waals surface area (Å²) in [5.74, 6) is 0.579. The Kier molecular flexibility index (Phi) is 57.7. The number of nitrogens with zero attached hydrogens (tertiary/aromatic N) is 2. The lowest BCUT2D eigenvalue weighted by molar-refractivity contribution is -0.133. The molecule has 6 unspecified atom stereocenters. The van der Waals surface area contributed by atoms with Gasteiger partial charge in [-0.2, -0.15) is 0 Å². The van der Waals surface area contributed by atoms with Crippen LogP contribution in [0.3, 0.4) is 0 Å². The third-order valence-electron chi connectivity index (χ3n) is 15.5. The van der Waals surface area contributed by atoms with Crippen LogP contribution in [0.1, 0.15) is 310 Å². The summed E-state index contributed by atoms with van der Waals surface area (Å²) in [6.45, 7) is 11.4. The molecule has 6 N–H and O–H groups in total. The van der Waals surface area contributed by atoms with Gasteiger partial charge in [0.15, 0.2) is 12.2 Å². The van der Waals surface area contributed by atoms with Gasteiger partial charge >= 0.3 is 0 Å². The molecule has 0 radical (unpaired) electrons. The predicted octanol–water partition coefficient (Wildman–Crippen LogP) is 15.5. The highest BCUT2D eigenvalue weighted by molar-refractivity contribution is 8.14. The molecule has 0 aliphatic heterocycles. The van der Waals surface area contributed by atoms with Crippen molar-refractivity contribution in [3.8, 4) is 0 Å². The fraction of sp³-hybridized carbons (Fsp3) is 0.969. The first-order valence-corrected chi connectivity index (χ1v) is 34.8. The summed E-state index contributed by atoms with van der Waals surface area (Å²) in [5, 5.41) is 64.7. The molecule has 0 aliphatic carbocycles. The molecular formula is C64H128N2O8S2. The van der Waals surface area contributed by atoms with E-state index < -0.39 is 46.9 Å². The second-order valence-corrected chi connectivity index (χ2v) is 25.4. The van der Waals surface area contributed by atoms with Gasteiger partial charge in [-0.25, -0.2) is 0 Å². The van der Waals surface area contributed by atoms with Crippen LogP contribution in [-0.2, 0) is 9.59 Å². The lowest BCUT2D eigenvalue weighted by Gasteiger charge is -2.27. The van der Waals surface area contributed by atoms with Crippen LogP contribution in [0.2, 0.25) is 0 Å². The summed E-state index contributed by atoms with van der Waals surface area (Å²) in [5.41, 5.74) is 0. The fourth-order valence-electron chi connectivity index (χ4n) is 10.5. The van der Waals surface area contributed by atoms with Gasteiger partial charge in [-0.05, 0) is 25.7 Å². The van der Waals surface area contributed by atoms with Crippen LogP contribution in [0.15, 0.2) is 0 Å². The number of aliphatic hydroxyl groups is 6. The topological polar surface area (TPSA) is 162 Å². The summed E-state index contributed by atoms with van der Waals surface area (Å²) in [4.78, 5) is 30.4. The van der Waals surface area contributed by atoms with E-state index in [2.05, 4.69) is 27.7 Å². The van der Waals surface area contributed by atoms with Gasteiger partial charge in [0.2, 0.25) is 10.2 Å². The molecule has 10 nitrogen and oxygen atoms in total. The van der Waals surface area contributed by atoms with Crippen molar-refractivity contribution in [1.82, 2.24) is 9.80 Å². The molecule has 0 saturated carbocycles. The maximum Gasteiger partial charge on any atom is 0.220 e. The Labute approximate surface area is 479 Å². The van der Waals surface area contributed by atoms with Gasteiger partial charge in [-0.15, -0.1) is 0 Å². The Hall–Kier alpha value is -0.280. The molecule has 0 aromatic heterocycles. The largest absolute Gasteiger partial charge is 0.392 e. The molecule has 0 bridgehead atoms. The first-order chi connectivity index (χ1) is 37.0. The van der Waals surface area contributed by atoms with E-state index in [1.807, 2.05) is 9.80 Å². The zero-order valence-electron chi connectivity index (χ0n) is 50.4. The van der Waals surface area contributed by atoms with E-state index in [0.717, 1.165) is 74.9 Å². The van der Waals surface area contributed by atoms with E-state index in [1.165, 1.54) is 205 Å². The highest BCUT2D eigenvalue weighted by Crippen LogP contribution is 2.20. The first kappa shape index (κ1) is 75.7. The van der Waals surface area contributed by atoms with Crippen molar-refractivity contribution in [2.45, 2.75) is 347 Å². The molecule has 0 heterocycles. The number of aliphatic hydroxyl groups excluding tert-OH is 6. The van der Waals surface area contributed by atoms with Gasteiger partial charge in [-0.1, -0.05) is 308 Å². The Morgan fingerprint density at radius 1 is 0.289 bits per heavy atom. The zero-order chi connectivity index (χ0) is 56.0. The number of carbonyl (C=O) groups excluding carboxylic acids is 2. The maximum absolute atomic E-state index is 13.2. The van der Waals surface area contributed by atoms with Gasteiger partial charge in [0, 0.05) is 50.8 Å². The third-order valence-corrected chi connectivity index (χ3v) is 17.4. The SMILES string of the molecule is CCCCCCCCCCCCC(O)CN(CCSC(=O)C(O)C(O)C(=O)SCCN(CC(O)CCCCCCCCCCCC)CC(O)CCCCCCCCCCCC)CC(O)CCCCCCCCCCCC. The Morgan fingerprint density at radius 2 is 0.461 bits per heavy atom. The minimum Gasteiger partial charge on any atom is -0.392 e. The highest BCUT2D eigenvalue weighted by Gasteiger charge is 2.31. The number of carbonyl (C=O) groups is 2. The van der Waals surface area contributed by atoms with E-state index in [9.17, 15) is 40.2 Å². The van der Waals surface area contributed by atoms with Crippen LogP contribution in [0, 0.1) is 0 Å². The predicted molar refractivity (Wildman–Crippen MR) is 330 cm³/mol. The summed E-state index contributed by atoms with van der Waals surface area (Å²) in [7, 11) is 0. The van der Waals surface area contributed by atoms with Crippen LogP contribution < -0.4 is 0 Å². The van der Waals surface area contributed by atoms with Crippen molar-refractivity contribution in [3.63, 3.8) is 0 Å². The van der Waals surface area contributed by atoms with Crippen LogP contribution in [0.25, 0.3) is 0 Å². The Bertz CT molecular complexity index is 1070. The highest BCUT2D eigenvalue weighted by atomic mass is 32.2. The quantitative estimate of drug-likeness (QED) is 0.0320. The molecule has 0 aromatic carbocycles. The van der Waals surface area contributed by atoms with Crippen molar-refractivity contribution in [2.75, 3.05) is 50.8 Å². The van der Waals surface area contributed by atoms with Crippen molar-refractivity contribution in [1.29, 1.82) is 0 Å². The van der Waals surface area contributed by atoms with Crippen molar-refractivity contribution in [3.05, 3.63) is 0 Å². The van der Waals surface area contributed by atoms with Crippen LogP contribution in [0.5, 0.6) is 0 Å². The van der Waals surface area contributed by atoms with Gasteiger partial charge in [0.25, 0.3) is 0 Å². The maximum atomic E-state index is 13.2. The lowest BCUT2D eigenvalue weighted by Crippen LogP contribution is -2.41. The molecule has 0 fully saturated rings. The molecule has 0 amide bonds. The molecule has 0 rings (SSSR count). The van der Waals surface area contributed by atoms with E-state index in [1.54, 1.807) is 0 Å². The number of thioether (sulfide) groups is 2. The standard InChI is InChI=1S/C64H128N2O8S2/c1-5-9-13-17-21-25-29-33-37-41-45-57(67)53-65(54-58(68)46-42-38-34-30-26-22-18-14-10-6-2)49-51-75-63(73)61(71)62(72)64(74)76-52-50-66(55-59(69)47-43-39-35-31-27-23-19-15-11-7-3)56-60(70)48-44-40-36-32-28-24-20-16-12-8-4/h57-62,67-72H,5-56H2,1-4H3. The molecule has 0 spiro atoms. The lowest BCUT2D eigenvalue weighted by atomic mass is 10.0. The molecule has 12 heteroatoms. The van der Waals surface area contributed by atoms with E-state index >= 15 is 0 Å². The summed E-state index contributed by atoms with van der Waals surface area (Å²) in [6.07, 6.45) is 46.1. The van der Waals surface area contributed by atoms with Crippen molar-refractivity contribution >= 4 is 33.8 Å². The van der Waals surface area contributed by atoms with Crippen molar-refractivity contribution < 1.29 is 40.2 Å². The number of hydrogen-bond acceptors (Lipinski definition) is 12. The molecule has 0 aromatic rings. The number of unbranched alkanes of at least 4 members (excludes halogenated alkanes) is 36. The van der Waals surface area contributed by atoms with Gasteiger partial charge in [-0.3, -0.25) is 19.4 Å². The van der Waals surface area contributed by atoms with E-state index in [4.69, 9.17) is 0 Å². The third kappa shape index (κ3) is 50.7. The van der Waals surface area contributed by atoms with E-state index in [0.29, 0.717) is 65.0 Å². The van der Waals surface area contributed by atoms with Crippen LogP contribution in [-0.4, -0.2) is 138 Å². The van der Waals surface area contributed by atoms with Crippen LogP contribution in [0.4, 0.5) is 0 Å². The molecule has 0 saturated heterocycles. The molecular weight excluding hydrogens is 989 g/mol. The first-order valence-electron chi connectivity index (χ1n) is 32.8. The number of hydrogen-bond donors (Lipinski definition) is 6. The minimum absolute atomic E-state index is 0.289. The smallest absolute Gasteiger partial charge is 0.220 e. The van der Waals surface area contributed by atoms with Gasteiger partial charge in [0.05, 0.1) is 24.4 Å². The van der Waals surface area contributed by atoms with E-state index in [-0.39, 0.29) is 11.5 Å². The second kappa shape index (κ2) is 57.9. The summed E-state index contributed by atoms with van der Waals surface area (Å²) < 4.78 is 0. The second-order valence-electron chi connectivity index (χ2n) is 23.2. The Morgan fingerprint density at radius 3 is 0.645 bits per heavy atom. The monoisotopic (exact) mass is 1120 g/mol. The number of rotatable bonds is 61. The molecule has 454 valence electrons. The normalized spacial score (nSPS) is 14.4. The fourth-order valence-corrected chi connectivity index (χ4v) is 12.2. The average molecular weight is 1120 g/mol. The average Bonchev–Trinajstić information content (AvgIpc) is 3.40. The van der Waals surface area contributed by atoms with Crippen LogP contribution >= 0.6 is 23.5 Å². The molecule has 76 heavy (non-hydrogen) atoms. The Balaban J connectivity index is 5.18. The summed E-state index contributed by atoms with van der Waals surface area (Å²) in [6, 6.07) is 0. The van der Waals surface area contributed by atoms with Crippen molar-refractivity contribution in [2.24, 2.45) is 0 Å². The molecule has 0 aliphatic rings. The molecule has 6 atom stereocenters.